The van der Waals surface area contributed by atoms with Crippen LogP contribution >= 0.6 is 0 Å². The molecule has 0 saturated carbocycles. The Bertz CT molecular complexity index is 443. The van der Waals surface area contributed by atoms with Crippen molar-refractivity contribution in [2.24, 2.45) is 0 Å². The molecule has 0 aliphatic carbocycles. The number of aromatic nitrogens is 4. The van der Waals surface area contributed by atoms with Crippen molar-refractivity contribution < 1.29 is 0 Å². The Morgan fingerprint density at radius 2 is 2.00 bits per heavy atom. The molecule has 2 aromatic rings. The van der Waals surface area contributed by atoms with Crippen LogP contribution in [-0.4, -0.2) is 26.5 Å². The van der Waals surface area contributed by atoms with E-state index in [1.54, 1.807) is 18.6 Å². The fourth-order valence-corrected chi connectivity index (χ4v) is 1.33. The fraction of sp³-hybridized carbons (Fsp3) is 0.273. The van der Waals surface area contributed by atoms with Crippen LogP contribution in [0.15, 0.2) is 31.0 Å². The molecule has 0 unspecified atom stereocenters. The molecule has 0 aliphatic rings. The van der Waals surface area contributed by atoms with Crippen LogP contribution in [-0.2, 0) is 0 Å². The summed E-state index contributed by atoms with van der Waals surface area (Å²) in [5.74, 6) is 0.767. The maximum atomic E-state index is 4.29. The number of hydrogen-bond acceptors (Lipinski definition) is 5. The summed E-state index contributed by atoms with van der Waals surface area (Å²) in [6, 6.07) is 1.82. The van der Waals surface area contributed by atoms with E-state index in [1.165, 1.54) is 6.33 Å². The Morgan fingerprint density at radius 3 is 2.75 bits per heavy atom. The van der Waals surface area contributed by atoms with Gasteiger partial charge in [0, 0.05) is 25.1 Å². The highest BCUT2D eigenvalue weighted by Crippen LogP contribution is 2.20. The van der Waals surface area contributed by atoms with Gasteiger partial charge in [0.2, 0.25) is 0 Å². The van der Waals surface area contributed by atoms with E-state index in [-0.39, 0.29) is 0 Å². The van der Waals surface area contributed by atoms with Crippen LogP contribution in [0.3, 0.4) is 0 Å². The zero-order valence-electron chi connectivity index (χ0n) is 9.09. The molecule has 2 aromatic heterocycles. The molecule has 2 heterocycles. The normalized spacial score (nSPS) is 10.1. The molecule has 0 aliphatic heterocycles. The third-order valence-electron chi connectivity index (χ3n) is 2.07. The van der Waals surface area contributed by atoms with Crippen molar-refractivity contribution in [2.75, 3.05) is 11.9 Å². The molecule has 0 saturated heterocycles. The van der Waals surface area contributed by atoms with Gasteiger partial charge in [0.25, 0.3) is 0 Å². The molecule has 0 bridgehead atoms. The molecule has 16 heavy (non-hydrogen) atoms. The lowest BCUT2D eigenvalue weighted by Gasteiger charge is -2.07. The smallest absolute Gasteiger partial charge is 0.154 e. The number of nitrogens with one attached hydrogen (secondary N) is 1. The fourth-order valence-electron chi connectivity index (χ4n) is 1.33. The van der Waals surface area contributed by atoms with E-state index in [1.807, 2.05) is 6.07 Å². The molecular formula is C11H13N5. The van der Waals surface area contributed by atoms with Crippen LogP contribution in [0.2, 0.25) is 0 Å². The molecule has 2 rings (SSSR count). The van der Waals surface area contributed by atoms with Gasteiger partial charge in [-0.3, -0.25) is 0 Å². The maximum absolute atomic E-state index is 4.29. The zero-order valence-corrected chi connectivity index (χ0v) is 9.09. The molecule has 5 heteroatoms. The van der Waals surface area contributed by atoms with E-state index >= 15 is 0 Å². The minimum Gasteiger partial charge on any atom is -0.368 e. The minimum absolute atomic E-state index is 0.762. The maximum Gasteiger partial charge on any atom is 0.154 e. The third-order valence-corrected chi connectivity index (χ3v) is 2.07. The van der Waals surface area contributed by atoms with Crippen LogP contribution in [0.1, 0.15) is 13.3 Å². The molecule has 0 fully saturated rings. The van der Waals surface area contributed by atoms with Gasteiger partial charge in [-0.2, -0.15) is 0 Å². The Labute approximate surface area is 94.0 Å². The van der Waals surface area contributed by atoms with Gasteiger partial charge in [0.05, 0.1) is 5.69 Å². The lowest BCUT2D eigenvalue weighted by molar-refractivity contribution is 0.964. The van der Waals surface area contributed by atoms with E-state index in [2.05, 4.69) is 32.2 Å². The van der Waals surface area contributed by atoms with Crippen molar-refractivity contribution >= 4 is 5.82 Å². The summed E-state index contributed by atoms with van der Waals surface area (Å²) in [5, 5.41) is 3.23. The summed E-state index contributed by atoms with van der Waals surface area (Å²) in [6.45, 7) is 2.98. The number of hydrogen-bond donors (Lipinski definition) is 1. The van der Waals surface area contributed by atoms with Crippen molar-refractivity contribution in [2.45, 2.75) is 13.3 Å². The van der Waals surface area contributed by atoms with Crippen LogP contribution < -0.4 is 5.32 Å². The summed E-state index contributed by atoms with van der Waals surface area (Å²) in [5.41, 5.74) is 1.54. The van der Waals surface area contributed by atoms with E-state index in [0.717, 1.165) is 30.2 Å². The first-order valence-electron chi connectivity index (χ1n) is 5.23. The monoisotopic (exact) mass is 215 g/mol. The van der Waals surface area contributed by atoms with Crippen LogP contribution in [0, 0.1) is 0 Å². The average molecular weight is 215 g/mol. The Balaban J connectivity index is 2.33. The van der Waals surface area contributed by atoms with Gasteiger partial charge >= 0.3 is 0 Å². The highest BCUT2D eigenvalue weighted by atomic mass is 15.0. The number of rotatable bonds is 4. The Kier molecular flexibility index (Phi) is 3.38. The SMILES string of the molecule is CCCNc1nccnc1-c1ccncn1. The van der Waals surface area contributed by atoms with Gasteiger partial charge < -0.3 is 5.32 Å². The standard InChI is InChI=1S/C11H13N5/c1-2-4-14-11-10(13-6-7-15-11)9-3-5-12-8-16-9/h3,5-8H,2,4H2,1H3,(H,14,15). The van der Waals surface area contributed by atoms with Crippen molar-refractivity contribution in [3.05, 3.63) is 31.0 Å². The Hall–Kier alpha value is -2.04. The minimum atomic E-state index is 0.762. The molecular weight excluding hydrogens is 202 g/mol. The second kappa shape index (κ2) is 5.16. The van der Waals surface area contributed by atoms with Crippen molar-refractivity contribution in [1.29, 1.82) is 0 Å². The molecule has 0 spiro atoms. The van der Waals surface area contributed by atoms with Crippen molar-refractivity contribution in [1.82, 2.24) is 19.9 Å². The van der Waals surface area contributed by atoms with Crippen LogP contribution in [0.25, 0.3) is 11.4 Å². The topological polar surface area (TPSA) is 63.6 Å². The predicted octanol–water partition coefficient (Wildman–Crippen LogP) is 1.76. The summed E-state index contributed by atoms with van der Waals surface area (Å²) in [6.07, 6.45) is 7.57. The number of anilines is 1. The highest BCUT2D eigenvalue weighted by molar-refractivity contribution is 5.67. The van der Waals surface area contributed by atoms with Crippen molar-refractivity contribution in [3.8, 4) is 11.4 Å². The summed E-state index contributed by atoms with van der Waals surface area (Å²) >= 11 is 0. The first-order valence-corrected chi connectivity index (χ1v) is 5.23. The van der Waals surface area contributed by atoms with Gasteiger partial charge in [-0.25, -0.2) is 19.9 Å². The van der Waals surface area contributed by atoms with Gasteiger partial charge in [-0.1, -0.05) is 6.92 Å². The van der Waals surface area contributed by atoms with E-state index in [9.17, 15) is 0 Å². The van der Waals surface area contributed by atoms with Gasteiger partial charge in [-0.15, -0.1) is 0 Å². The molecule has 0 atom stereocenters. The predicted molar refractivity (Wildman–Crippen MR) is 61.8 cm³/mol. The third kappa shape index (κ3) is 2.31. The second-order valence-electron chi connectivity index (χ2n) is 3.27. The van der Waals surface area contributed by atoms with Crippen molar-refractivity contribution in [3.63, 3.8) is 0 Å². The average Bonchev–Trinajstić information content (AvgIpc) is 2.38. The first kappa shape index (κ1) is 10.5. The van der Waals surface area contributed by atoms with Gasteiger partial charge in [0.15, 0.2) is 5.82 Å². The van der Waals surface area contributed by atoms with E-state index in [4.69, 9.17) is 0 Å². The molecule has 5 nitrogen and oxygen atoms in total. The number of nitrogens with zero attached hydrogens (tertiary/aromatic N) is 4. The molecule has 0 radical (unpaired) electrons. The molecule has 1 N–H and O–H groups in total. The van der Waals surface area contributed by atoms with E-state index < -0.39 is 0 Å². The quantitative estimate of drug-likeness (QED) is 0.841. The lowest BCUT2D eigenvalue weighted by atomic mass is 10.3. The second-order valence-corrected chi connectivity index (χ2v) is 3.27. The van der Waals surface area contributed by atoms with E-state index in [0.29, 0.717) is 0 Å². The zero-order chi connectivity index (χ0) is 11.2. The first-order chi connectivity index (χ1) is 7.92. The molecule has 0 amide bonds. The lowest BCUT2D eigenvalue weighted by Crippen LogP contribution is -2.05. The summed E-state index contributed by atoms with van der Waals surface area (Å²) in [4.78, 5) is 16.6. The molecule has 0 aromatic carbocycles. The van der Waals surface area contributed by atoms with Crippen LogP contribution in [0.4, 0.5) is 5.82 Å². The van der Waals surface area contributed by atoms with Gasteiger partial charge in [0.1, 0.15) is 12.0 Å². The summed E-state index contributed by atoms with van der Waals surface area (Å²) < 4.78 is 0. The van der Waals surface area contributed by atoms with Crippen LogP contribution in [0.5, 0.6) is 0 Å². The Morgan fingerprint density at radius 1 is 1.12 bits per heavy atom. The summed E-state index contributed by atoms with van der Waals surface area (Å²) in [7, 11) is 0. The highest BCUT2D eigenvalue weighted by Gasteiger charge is 2.07. The largest absolute Gasteiger partial charge is 0.368 e. The molecule has 82 valence electrons. The van der Waals surface area contributed by atoms with Gasteiger partial charge in [-0.05, 0) is 12.5 Å².